The highest BCUT2D eigenvalue weighted by molar-refractivity contribution is 6.33. The standard InChI is InChI=1S/C26H18ClNO7/c1-9-7-11-8-10-3-4-12-17(15(10)21(31)16(11)26(33)28-9)22(32)18-19(29)13-5-6-14(27)20(30)23(13)35-25(18)24(12)34-2/h5-8,30-32H,3-4H2,1-2H3,(H,28,33). The molecule has 1 aliphatic rings. The highest BCUT2D eigenvalue weighted by Gasteiger charge is 2.32. The molecule has 0 atom stereocenters. The minimum absolute atomic E-state index is 0.00679. The van der Waals surface area contributed by atoms with E-state index in [1.165, 1.54) is 19.2 Å². The summed E-state index contributed by atoms with van der Waals surface area (Å²) in [5.74, 6) is -0.897. The van der Waals surface area contributed by atoms with Crippen LogP contribution in [0.15, 0.2) is 38.3 Å². The Morgan fingerprint density at radius 2 is 1.71 bits per heavy atom. The van der Waals surface area contributed by atoms with Crippen molar-refractivity contribution in [2.45, 2.75) is 19.8 Å². The summed E-state index contributed by atoms with van der Waals surface area (Å²) in [7, 11) is 1.40. The van der Waals surface area contributed by atoms with Crippen LogP contribution in [0.1, 0.15) is 16.8 Å². The Balaban J connectivity index is 1.83. The summed E-state index contributed by atoms with van der Waals surface area (Å²) in [4.78, 5) is 28.9. The van der Waals surface area contributed by atoms with Gasteiger partial charge in [-0.25, -0.2) is 0 Å². The van der Waals surface area contributed by atoms with Crippen molar-refractivity contribution >= 4 is 44.3 Å². The molecule has 2 aromatic heterocycles. The highest BCUT2D eigenvalue weighted by atomic mass is 35.5. The number of benzene rings is 3. The number of aromatic nitrogens is 1. The molecule has 176 valence electrons. The molecule has 4 N–H and O–H groups in total. The summed E-state index contributed by atoms with van der Waals surface area (Å²) in [5.41, 5.74) is 1.12. The van der Waals surface area contributed by atoms with Crippen LogP contribution < -0.4 is 15.7 Å². The van der Waals surface area contributed by atoms with Gasteiger partial charge >= 0.3 is 0 Å². The normalized spacial score (nSPS) is 12.8. The van der Waals surface area contributed by atoms with E-state index in [1.54, 1.807) is 13.0 Å². The highest BCUT2D eigenvalue weighted by Crippen LogP contribution is 2.52. The molecule has 0 spiro atoms. The smallest absolute Gasteiger partial charge is 0.259 e. The van der Waals surface area contributed by atoms with Crippen molar-refractivity contribution in [3.8, 4) is 34.1 Å². The summed E-state index contributed by atoms with van der Waals surface area (Å²) in [6.07, 6.45) is 0.888. The summed E-state index contributed by atoms with van der Waals surface area (Å²) >= 11 is 6.01. The van der Waals surface area contributed by atoms with Crippen LogP contribution in [0.2, 0.25) is 5.02 Å². The molecule has 0 saturated carbocycles. The van der Waals surface area contributed by atoms with Gasteiger partial charge in [-0.15, -0.1) is 0 Å². The number of halogens is 1. The van der Waals surface area contributed by atoms with E-state index in [0.29, 0.717) is 29.5 Å². The second-order valence-corrected chi connectivity index (χ2v) is 9.06. The van der Waals surface area contributed by atoms with Gasteiger partial charge in [-0.1, -0.05) is 11.6 Å². The van der Waals surface area contributed by atoms with Crippen LogP contribution in [0.5, 0.6) is 23.0 Å². The lowest BCUT2D eigenvalue weighted by molar-refractivity contribution is 0.402. The van der Waals surface area contributed by atoms with Crippen LogP contribution in [0.4, 0.5) is 0 Å². The van der Waals surface area contributed by atoms with Gasteiger partial charge in [0, 0.05) is 22.4 Å². The lowest BCUT2D eigenvalue weighted by Gasteiger charge is -2.25. The number of fused-ring (bicyclic) bond motifs is 6. The Hall–Kier alpha value is -4.17. The van der Waals surface area contributed by atoms with Gasteiger partial charge in [0.1, 0.15) is 16.9 Å². The van der Waals surface area contributed by atoms with Crippen LogP contribution in [0.25, 0.3) is 43.8 Å². The molecule has 6 rings (SSSR count). The average molecular weight is 492 g/mol. The number of methoxy groups -OCH3 is 1. The number of phenolic OH excluding ortho intramolecular Hbond substituents is 3. The zero-order valence-electron chi connectivity index (χ0n) is 18.6. The number of phenols is 3. The third kappa shape index (κ3) is 2.74. The Morgan fingerprint density at radius 1 is 0.971 bits per heavy atom. The zero-order valence-corrected chi connectivity index (χ0v) is 19.3. The first-order valence-corrected chi connectivity index (χ1v) is 11.2. The number of aromatic amines is 1. The Morgan fingerprint density at radius 3 is 2.46 bits per heavy atom. The minimum Gasteiger partial charge on any atom is -0.506 e. The van der Waals surface area contributed by atoms with E-state index in [2.05, 4.69) is 4.98 Å². The lowest BCUT2D eigenvalue weighted by atomic mass is 9.81. The minimum atomic E-state index is -0.604. The van der Waals surface area contributed by atoms with Gasteiger partial charge in [-0.2, -0.15) is 0 Å². The SMILES string of the molecule is COc1c2c(c(O)c3c(=O)c4ccc(Cl)c(O)c4oc13)-c1c(cc3cc(C)[nH]c(=O)c3c1O)CC2. The lowest BCUT2D eigenvalue weighted by Crippen LogP contribution is -2.13. The van der Waals surface area contributed by atoms with E-state index < -0.39 is 22.5 Å². The fourth-order valence-electron chi connectivity index (χ4n) is 5.18. The number of aromatic hydroxyl groups is 3. The Bertz CT molecular complexity index is 1880. The Kier molecular flexibility index (Phi) is 4.37. The van der Waals surface area contributed by atoms with Crippen molar-refractivity contribution in [2.24, 2.45) is 0 Å². The molecule has 35 heavy (non-hydrogen) atoms. The quantitative estimate of drug-likeness (QED) is 0.251. The van der Waals surface area contributed by atoms with Crippen LogP contribution in [-0.2, 0) is 12.8 Å². The summed E-state index contributed by atoms with van der Waals surface area (Å²) in [6.45, 7) is 1.75. The molecule has 0 amide bonds. The molecular formula is C26H18ClNO7. The molecule has 0 saturated heterocycles. The van der Waals surface area contributed by atoms with Crippen LogP contribution >= 0.6 is 11.6 Å². The maximum absolute atomic E-state index is 13.5. The average Bonchev–Trinajstić information content (AvgIpc) is 2.81. The van der Waals surface area contributed by atoms with E-state index in [-0.39, 0.29) is 55.0 Å². The van der Waals surface area contributed by atoms with Gasteiger partial charge in [0.05, 0.1) is 22.9 Å². The molecule has 5 aromatic rings. The molecule has 0 unspecified atom stereocenters. The number of ether oxygens (including phenoxy) is 1. The number of hydrogen-bond acceptors (Lipinski definition) is 7. The molecular weight excluding hydrogens is 474 g/mol. The molecule has 9 heteroatoms. The third-order valence-electron chi connectivity index (χ3n) is 6.66. The second-order valence-electron chi connectivity index (χ2n) is 8.65. The predicted octanol–water partition coefficient (Wildman–Crippen LogP) is 4.64. The van der Waals surface area contributed by atoms with Gasteiger partial charge in [-0.05, 0) is 55.0 Å². The maximum Gasteiger partial charge on any atom is 0.259 e. The molecule has 0 aliphatic heterocycles. The van der Waals surface area contributed by atoms with Crippen molar-refractivity contribution in [3.63, 3.8) is 0 Å². The topological polar surface area (TPSA) is 133 Å². The Labute approximate surface area is 201 Å². The summed E-state index contributed by atoms with van der Waals surface area (Å²) in [5, 5.41) is 33.6. The molecule has 8 nitrogen and oxygen atoms in total. The van der Waals surface area contributed by atoms with Crippen molar-refractivity contribution in [1.29, 1.82) is 0 Å². The summed E-state index contributed by atoms with van der Waals surface area (Å²) < 4.78 is 11.5. The summed E-state index contributed by atoms with van der Waals surface area (Å²) in [6, 6.07) is 6.34. The molecule has 1 aliphatic carbocycles. The fraction of sp³-hybridized carbons (Fsp3) is 0.154. The first-order chi connectivity index (χ1) is 16.7. The number of nitrogens with one attached hydrogen (secondary N) is 1. The molecule has 0 fully saturated rings. The van der Waals surface area contributed by atoms with E-state index in [0.717, 1.165) is 5.56 Å². The van der Waals surface area contributed by atoms with Crippen molar-refractivity contribution in [3.05, 3.63) is 66.7 Å². The number of H-pyrrole nitrogens is 1. The van der Waals surface area contributed by atoms with Crippen molar-refractivity contribution in [2.75, 3.05) is 7.11 Å². The molecule has 3 aromatic carbocycles. The number of pyridine rings is 1. The van der Waals surface area contributed by atoms with Crippen LogP contribution in [0, 0.1) is 6.92 Å². The first-order valence-electron chi connectivity index (χ1n) is 10.8. The monoisotopic (exact) mass is 491 g/mol. The van der Waals surface area contributed by atoms with Crippen molar-refractivity contribution < 1.29 is 24.5 Å². The second kappa shape index (κ2) is 7.16. The van der Waals surface area contributed by atoms with Crippen LogP contribution in [-0.4, -0.2) is 27.4 Å². The van der Waals surface area contributed by atoms with Crippen molar-refractivity contribution in [1.82, 2.24) is 4.98 Å². The first kappa shape index (κ1) is 21.4. The molecule has 2 heterocycles. The largest absolute Gasteiger partial charge is 0.506 e. The number of rotatable bonds is 1. The number of hydrogen-bond donors (Lipinski definition) is 4. The fourth-order valence-corrected chi connectivity index (χ4v) is 5.33. The van der Waals surface area contributed by atoms with Gasteiger partial charge < -0.3 is 29.5 Å². The van der Waals surface area contributed by atoms with Gasteiger partial charge in [0.2, 0.25) is 5.43 Å². The molecule has 0 radical (unpaired) electrons. The van der Waals surface area contributed by atoms with Gasteiger partial charge in [-0.3, -0.25) is 9.59 Å². The zero-order chi connectivity index (χ0) is 24.8. The van der Waals surface area contributed by atoms with E-state index >= 15 is 0 Å². The maximum atomic E-state index is 13.5. The van der Waals surface area contributed by atoms with E-state index in [4.69, 9.17) is 20.8 Å². The van der Waals surface area contributed by atoms with E-state index in [1.807, 2.05) is 6.07 Å². The molecule has 0 bridgehead atoms. The number of aryl methyl sites for hydroxylation is 2. The van der Waals surface area contributed by atoms with Gasteiger partial charge in [0.25, 0.3) is 5.56 Å². The van der Waals surface area contributed by atoms with Gasteiger partial charge in [0.15, 0.2) is 22.7 Å². The predicted molar refractivity (Wildman–Crippen MR) is 132 cm³/mol. The third-order valence-corrected chi connectivity index (χ3v) is 6.97. The van der Waals surface area contributed by atoms with Crippen LogP contribution in [0.3, 0.4) is 0 Å². The van der Waals surface area contributed by atoms with E-state index in [9.17, 15) is 24.9 Å².